The zero-order valence-corrected chi connectivity index (χ0v) is 15.7. The molecule has 0 radical (unpaired) electrons. The van der Waals surface area contributed by atoms with Gasteiger partial charge in [0.1, 0.15) is 0 Å². The monoisotopic (exact) mass is 345 g/mol. The Hall–Kier alpha value is -1.23. The van der Waals surface area contributed by atoms with Gasteiger partial charge >= 0.3 is 0 Å². The molecule has 1 heterocycles. The van der Waals surface area contributed by atoms with Crippen LogP contribution in [0.2, 0.25) is 0 Å². The molecule has 1 aliphatic carbocycles. The molecule has 1 aliphatic rings. The van der Waals surface area contributed by atoms with Crippen molar-refractivity contribution in [1.82, 2.24) is 4.57 Å². The van der Waals surface area contributed by atoms with E-state index in [4.69, 9.17) is 12.2 Å². The van der Waals surface area contributed by atoms with Crippen LogP contribution in [-0.2, 0) is 6.54 Å². The maximum Gasteiger partial charge on any atom is 0.162 e. The molecular weight excluding hydrogens is 322 g/mol. The van der Waals surface area contributed by atoms with Crippen molar-refractivity contribution in [3.8, 4) is 0 Å². The molecule has 4 heteroatoms. The first-order valence-electron chi connectivity index (χ1n) is 7.94. The van der Waals surface area contributed by atoms with Gasteiger partial charge in [0.2, 0.25) is 0 Å². The number of para-hydroxylation sites is 1. The smallest absolute Gasteiger partial charge is 0.162 e. The Bertz CT molecular complexity index is 848. The highest BCUT2D eigenvalue weighted by molar-refractivity contribution is 7.73. The second-order valence-electron chi connectivity index (χ2n) is 7.32. The average molecular weight is 346 g/mol. The Kier molecular flexibility index (Phi) is 4.34. The molecule has 23 heavy (non-hydrogen) atoms. The van der Waals surface area contributed by atoms with Gasteiger partial charge in [0, 0.05) is 12.5 Å². The first-order chi connectivity index (χ1) is 10.8. The SMILES string of the molecule is CC1=CC(Cn2c(=S)sc3ccccc32)[C@H](O)C(C(C)(C)C)=C1. The maximum absolute atomic E-state index is 10.9. The fourth-order valence-corrected chi connectivity index (χ4v) is 4.59. The number of rotatable bonds is 2. The van der Waals surface area contributed by atoms with Gasteiger partial charge in [-0.3, -0.25) is 0 Å². The average Bonchev–Trinajstić information content (AvgIpc) is 2.77. The number of thiazole rings is 1. The fraction of sp³-hybridized carbons (Fsp3) is 0.421. The number of aliphatic hydroxyl groups excluding tert-OH is 1. The predicted octanol–water partition coefficient (Wildman–Crippen LogP) is 5.34. The van der Waals surface area contributed by atoms with Crippen LogP contribution in [0.1, 0.15) is 27.7 Å². The normalized spacial score (nSPS) is 22.1. The quantitative estimate of drug-likeness (QED) is 0.743. The van der Waals surface area contributed by atoms with Gasteiger partial charge in [-0.05, 0) is 42.3 Å². The lowest BCUT2D eigenvalue weighted by molar-refractivity contribution is 0.131. The van der Waals surface area contributed by atoms with Crippen molar-refractivity contribution in [3.63, 3.8) is 0 Å². The van der Waals surface area contributed by atoms with Gasteiger partial charge in [-0.25, -0.2) is 0 Å². The molecule has 0 aliphatic heterocycles. The summed E-state index contributed by atoms with van der Waals surface area (Å²) in [4.78, 5) is 0. The van der Waals surface area contributed by atoms with Crippen LogP contribution in [0.4, 0.5) is 0 Å². The zero-order valence-electron chi connectivity index (χ0n) is 14.0. The highest BCUT2D eigenvalue weighted by Gasteiger charge is 2.32. The molecule has 0 bridgehead atoms. The van der Waals surface area contributed by atoms with Crippen LogP contribution in [0.3, 0.4) is 0 Å². The van der Waals surface area contributed by atoms with E-state index >= 15 is 0 Å². The highest BCUT2D eigenvalue weighted by Crippen LogP contribution is 2.37. The van der Waals surface area contributed by atoms with Crippen LogP contribution in [-0.4, -0.2) is 15.8 Å². The van der Waals surface area contributed by atoms with E-state index in [-0.39, 0.29) is 11.3 Å². The summed E-state index contributed by atoms with van der Waals surface area (Å²) in [6.07, 6.45) is 3.85. The molecule has 1 aromatic heterocycles. The van der Waals surface area contributed by atoms with Crippen molar-refractivity contribution < 1.29 is 5.11 Å². The van der Waals surface area contributed by atoms with E-state index in [0.29, 0.717) is 0 Å². The summed E-state index contributed by atoms with van der Waals surface area (Å²) in [6.45, 7) is 9.29. The van der Waals surface area contributed by atoms with E-state index < -0.39 is 6.10 Å². The third-order valence-corrected chi connectivity index (χ3v) is 5.85. The molecule has 0 amide bonds. The highest BCUT2D eigenvalue weighted by atomic mass is 32.1. The van der Waals surface area contributed by atoms with Crippen LogP contribution >= 0.6 is 23.6 Å². The lowest BCUT2D eigenvalue weighted by Crippen LogP contribution is -2.33. The Balaban J connectivity index is 1.98. The van der Waals surface area contributed by atoms with Crippen molar-refractivity contribution in [3.05, 3.63) is 51.5 Å². The number of benzene rings is 1. The molecule has 0 spiro atoms. The first kappa shape index (κ1) is 16.6. The van der Waals surface area contributed by atoms with E-state index in [0.717, 1.165) is 21.6 Å². The number of allylic oxidation sites excluding steroid dienone is 2. The van der Waals surface area contributed by atoms with E-state index in [1.54, 1.807) is 11.3 Å². The van der Waals surface area contributed by atoms with Crippen LogP contribution in [0.5, 0.6) is 0 Å². The standard InChI is InChI=1S/C19H23NOS2/c1-12-9-13(17(21)14(10-12)19(2,3)4)11-20-15-7-5-6-8-16(15)23-18(20)22/h5-10,13,17,21H,11H2,1-4H3/t13?,17-/m0/s1. The molecule has 0 saturated heterocycles. The summed E-state index contributed by atoms with van der Waals surface area (Å²) >= 11 is 7.19. The van der Waals surface area contributed by atoms with Gasteiger partial charge < -0.3 is 9.67 Å². The lowest BCUT2D eigenvalue weighted by Gasteiger charge is -2.34. The van der Waals surface area contributed by atoms with Gasteiger partial charge in [-0.15, -0.1) is 11.3 Å². The third kappa shape index (κ3) is 3.21. The van der Waals surface area contributed by atoms with Crippen molar-refractivity contribution in [2.75, 3.05) is 0 Å². The molecule has 1 N–H and O–H groups in total. The van der Waals surface area contributed by atoms with E-state index in [2.05, 4.69) is 56.5 Å². The zero-order chi connectivity index (χ0) is 16.8. The van der Waals surface area contributed by atoms with Crippen molar-refractivity contribution in [2.24, 2.45) is 11.3 Å². The van der Waals surface area contributed by atoms with Crippen LogP contribution in [0.15, 0.2) is 47.6 Å². The molecule has 1 aromatic carbocycles. The molecule has 0 fully saturated rings. The molecule has 122 valence electrons. The molecular formula is C19H23NOS2. The van der Waals surface area contributed by atoms with Crippen molar-refractivity contribution >= 4 is 33.8 Å². The molecule has 2 nitrogen and oxygen atoms in total. The first-order valence-corrected chi connectivity index (χ1v) is 9.17. The number of aromatic nitrogens is 1. The molecule has 1 unspecified atom stereocenters. The maximum atomic E-state index is 10.9. The molecule has 2 aromatic rings. The number of aliphatic hydroxyl groups is 1. The second kappa shape index (κ2) is 6.00. The summed E-state index contributed by atoms with van der Waals surface area (Å²) in [5.74, 6) is 0.0546. The largest absolute Gasteiger partial charge is 0.388 e. The molecule has 0 saturated carbocycles. The number of fused-ring (bicyclic) bond motifs is 1. The summed E-state index contributed by atoms with van der Waals surface area (Å²) in [6, 6.07) is 8.29. The molecule has 2 atom stereocenters. The number of nitrogens with zero attached hydrogens (tertiary/aromatic N) is 1. The van der Waals surface area contributed by atoms with E-state index in [9.17, 15) is 5.11 Å². The summed E-state index contributed by atoms with van der Waals surface area (Å²) < 4.78 is 4.24. The topological polar surface area (TPSA) is 25.2 Å². The summed E-state index contributed by atoms with van der Waals surface area (Å²) in [5, 5.41) is 10.9. The third-order valence-electron chi connectivity index (χ3n) is 4.42. The Morgan fingerprint density at radius 1 is 1.26 bits per heavy atom. The minimum Gasteiger partial charge on any atom is -0.388 e. The molecule has 3 rings (SSSR count). The van der Waals surface area contributed by atoms with Crippen LogP contribution < -0.4 is 0 Å². The minimum absolute atomic E-state index is 0.0363. The Morgan fingerprint density at radius 2 is 1.96 bits per heavy atom. The fourth-order valence-electron chi connectivity index (χ4n) is 3.25. The second-order valence-corrected chi connectivity index (χ2v) is 8.99. The van der Waals surface area contributed by atoms with Crippen LogP contribution in [0.25, 0.3) is 10.2 Å². The van der Waals surface area contributed by atoms with Crippen molar-refractivity contribution in [1.29, 1.82) is 0 Å². The van der Waals surface area contributed by atoms with E-state index in [1.807, 2.05) is 12.1 Å². The van der Waals surface area contributed by atoms with Crippen molar-refractivity contribution in [2.45, 2.75) is 40.3 Å². The van der Waals surface area contributed by atoms with E-state index in [1.165, 1.54) is 10.3 Å². The van der Waals surface area contributed by atoms with Gasteiger partial charge in [-0.1, -0.05) is 50.6 Å². The van der Waals surface area contributed by atoms with Gasteiger partial charge in [0.05, 0.1) is 16.3 Å². The summed E-state index contributed by atoms with van der Waals surface area (Å²) in [7, 11) is 0. The minimum atomic E-state index is -0.459. The number of hydrogen-bond acceptors (Lipinski definition) is 3. The predicted molar refractivity (Wildman–Crippen MR) is 101 cm³/mol. The Morgan fingerprint density at radius 3 is 2.65 bits per heavy atom. The van der Waals surface area contributed by atoms with Crippen LogP contribution in [0, 0.1) is 15.3 Å². The summed E-state index contributed by atoms with van der Waals surface area (Å²) in [5.41, 5.74) is 3.45. The van der Waals surface area contributed by atoms with Gasteiger partial charge in [0.15, 0.2) is 3.95 Å². The Labute approximate surface area is 146 Å². The van der Waals surface area contributed by atoms with Gasteiger partial charge in [-0.2, -0.15) is 0 Å². The lowest BCUT2D eigenvalue weighted by atomic mass is 9.75. The number of hydrogen-bond donors (Lipinski definition) is 1. The van der Waals surface area contributed by atoms with Gasteiger partial charge in [0.25, 0.3) is 0 Å².